The lowest BCUT2D eigenvalue weighted by Crippen LogP contribution is -2.50. The first-order valence-corrected chi connectivity index (χ1v) is 7.00. The van der Waals surface area contributed by atoms with E-state index in [1.165, 1.54) is 64.8 Å². The quantitative estimate of drug-likeness (QED) is 0.719. The maximum atomic E-state index is 5.69. The minimum Gasteiger partial charge on any atom is -0.378 e. The van der Waals surface area contributed by atoms with Crippen LogP contribution in [0.25, 0.3) is 0 Å². The first-order valence-electron chi connectivity index (χ1n) is 7.00. The Balaban J connectivity index is 1.42. The molecule has 3 aliphatic rings. The third kappa shape index (κ3) is 2.41. The smallest absolute Gasteiger partial charge is 0.0588 e. The van der Waals surface area contributed by atoms with Crippen molar-refractivity contribution in [3.63, 3.8) is 0 Å². The fourth-order valence-electron chi connectivity index (χ4n) is 3.46. The van der Waals surface area contributed by atoms with Gasteiger partial charge in [0.2, 0.25) is 0 Å². The van der Waals surface area contributed by atoms with Gasteiger partial charge in [-0.2, -0.15) is 0 Å². The normalized spacial score (nSPS) is 36.8. The minimum atomic E-state index is 0.571. The van der Waals surface area contributed by atoms with Gasteiger partial charge in [-0.15, -0.1) is 0 Å². The molecule has 0 aromatic carbocycles. The zero-order chi connectivity index (χ0) is 10.8. The summed E-state index contributed by atoms with van der Waals surface area (Å²) in [6.07, 6.45) is 7.25. The molecule has 3 heterocycles. The number of piperazine rings is 1. The Morgan fingerprint density at radius 2 is 2.06 bits per heavy atom. The summed E-state index contributed by atoms with van der Waals surface area (Å²) >= 11 is 0. The van der Waals surface area contributed by atoms with Crippen LogP contribution < -0.4 is 0 Å². The second kappa shape index (κ2) is 5.03. The lowest BCUT2D eigenvalue weighted by molar-refractivity contribution is 0.0674. The van der Waals surface area contributed by atoms with Crippen LogP contribution in [0.3, 0.4) is 0 Å². The van der Waals surface area contributed by atoms with Crippen molar-refractivity contribution in [2.45, 2.75) is 44.2 Å². The van der Waals surface area contributed by atoms with Gasteiger partial charge < -0.3 is 9.64 Å². The Labute approximate surface area is 98.7 Å². The highest BCUT2D eigenvalue weighted by molar-refractivity contribution is 4.87. The number of rotatable bonds is 3. The lowest BCUT2D eigenvalue weighted by atomic mass is 10.1. The second-order valence-corrected chi connectivity index (χ2v) is 5.56. The van der Waals surface area contributed by atoms with Crippen molar-refractivity contribution in [1.82, 2.24) is 9.80 Å². The van der Waals surface area contributed by atoms with Gasteiger partial charge in [0, 0.05) is 38.8 Å². The molecule has 3 saturated heterocycles. The van der Waals surface area contributed by atoms with Gasteiger partial charge in [0.1, 0.15) is 0 Å². The molecule has 3 aliphatic heterocycles. The van der Waals surface area contributed by atoms with Gasteiger partial charge >= 0.3 is 0 Å². The average Bonchev–Trinajstić information content (AvgIpc) is 2.97. The number of ether oxygens (including phenoxy) is 1. The molecule has 0 spiro atoms. The molecule has 0 aromatic rings. The van der Waals surface area contributed by atoms with Crippen LogP contribution in [0.1, 0.15) is 32.1 Å². The number of hydrogen-bond acceptors (Lipinski definition) is 3. The van der Waals surface area contributed by atoms with E-state index in [9.17, 15) is 0 Å². The molecule has 3 fully saturated rings. The zero-order valence-electron chi connectivity index (χ0n) is 10.2. The van der Waals surface area contributed by atoms with E-state index < -0.39 is 0 Å². The summed E-state index contributed by atoms with van der Waals surface area (Å²) in [5.74, 6) is 0. The van der Waals surface area contributed by atoms with Crippen LogP contribution >= 0.6 is 0 Å². The van der Waals surface area contributed by atoms with E-state index in [1.54, 1.807) is 0 Å². The van der Waals surface area contributed by atoms with Crippen molar-refractivity contribution in [3.8, 4) is 0 Å². The molecular weight excluding hydrogens is 200 g/mol. The Hall–Kier alpha value is -0.120. The van der Waals surface area contributed by atoms with Gasteiger partial charge in [0.15, 0.2) is 0 Å². The molecule has 0 radical (unpaired) electrons. The van der Waals surface area contributed by atoms with E-state index in [-0.39, 0.29) is 0 Å². The van der Waals surface area contributed by atoms with Crippen molar-refractivity contribution in [1.29, 1.82) is 0 Å². The van der Waals surface area contributed by atoms with Gasteiger partial charge in [0.25, 0.3) is 0 Å². The van der Waals surface area contributed by atoms with E-state index in [4.69, 9.17) is 4.74 Å². The third-order valence-corrected chi connectivity index (χ3v) is 4.46. The molecule has 0 aromatic heterocycles. The van der Waals surface area contributed by atoms with Crippen LogP contribution in [0.5, 0.6) is 0 Å². The summed E-state index contributed by atoms with van der Waals surface area (Å²) in [6, 6.07) is 0.873. The Morgan fingerprint density at radius 1 is 1.06 bits per heavy atom. The molecule has 3 nitrogen and oxygen atoms in total. The van der Waals surface area contributed by atoms with Crippen molar-refractivity contribution in [2.24, 2.45) is 0 Å². The van der Waals surface area contributed by atoms with Gasteiger partial charge in [0.05, 0.1) is 6.10 Å². The van der Waals surface area contributed by atoms with Gasteiger partial charge in [-0.05, 0) is 38.6 Å². The molecule has 0 bridgehead atoms. The molecular formula is C13H24N2O. The first-order chi connectivity index (χ1) is 7.92. The summed E-state index contributed by atoms with van der Waals surface area (Å²) in [4.78, 5) is 5.34. The van der Waals surface area contributed by atoms with Crippen LogP contribution in [-0.4, -0.2) is 61.3 Å². The first kappa shape index (κ1) is 11.0. The molecule has 0 N–H and O–H groups in total. The Bertz CT molecular complexity index is 228. The summed E-state index contributed by atoms with van der Waals surface area (Å²) in [6.45, 7) is 7.51. The van der Waals surface area contributed by atoms with E-state index >= 15 is 0 Å². The molecule has 2 unspecified atom stereocenters. The minimum absolute atomic E-state index is 0.571. The summed E-state index contributed by atoms with van der Waals surface area (Å²) < 4.78 is 5.69. The highest BCUT2D eigenvalue weighted by Gasteiger charge is 2.30. The molecule has 16 heavy (non-hydrogen) atoms. The fourth-order valence-corrected chi connectivity index (χ4v) is 3.46. The van der Waals surface area contributed by atoms with Crippen LogP contribution in [0.4, 0.5) is 0 Å². The monoisotopic (exact) mass is 224 g/mol. The van der Waals surface area contributed by atoms with Crippen LogP contribution in [0.15, 0.2) is 0 Å². The van der Waals surface area contributed by atoms with E-state index in [2.05, 4.69) is 9.80 Å². The van der Waals surface area contributed by atoms with Crippen molar-refractivity contribution in [3.05, 3.63) is 0 Å². The largest absolute Gasteiger partial charge is 0.378 e. The maximum absolute atomic E-state index is 5.69. The van der Waals surface area contributed by atoms with E-state index in [0.29, 0.717) is 6.10 Å². The molecule has 3 heteroatoms. The van der Waals surface area contributed by atoms with Gasteiger partial charge in [-0.1, -0.05) is 0 Å². The van der Waals surface area contributed by atoms with Crippen LogP contribution in [0, 0.1) is 0 Å². The number of fused-ring (bicyclic) bond motifs is 1. The van der Waals surface area contributed by atoms with E-state index in [0.717, 1.165) is 12.6 Å². The fraction of sp³-hybridized carbons (Fsp3) is 1.00. The van der Waals surface area contributed by atoms with Crippen LogP contribution in [0.2, 0.25) is 0 Å². The molecule has 0 saturated carbocycles. The number of nitrogens with zero attached hydrogens (tertiary/aromatic N) is 2. The molecule has 0 aliphatic carbocycles. The SMILES string of the molecule is C1COC(CCN2CCN3CCCC3C2)C1. The molecule has 3 rings (SSSR count). The number of hydrogen-bond donors (Lipinski definition) is 0. The highest BCUT2D eigenvalue weighted by atomic mass is 16.5. The van der Waals surface area contributed by atoms with Gasteiger partial charge in [-0.25, -0.2) is 0 Å². The molecule has 2 atom stereocenters. The van der Waals surface area contributed by atoms with Crippen molar-refractivity contribution >= 4 is 0 Å². The second-order valence-electron chi connectivity index (χ2n) is 5.56. The third-order valence-electron chi connectivity index (χ3n) is 4.46. The van der Waals surface area contributed by atoms with Crippen molar-refractivity contribution < 1.29 is 4.74 Å². The molecule has 0 amide bonds. The predicted molar refractivity (Wildman–Crippen MR) is 64.6 cm³/mol. The van der Waals surface area contributed by atoms with Crippen LogP contribution in [-0.2, 0) is 4.74 Å². The summed E-state index contributed by atoms with van der Waals surface area (Å²) in [7, 11) is 0. The van der Waals surface area contributed by atoms with Gasteiger partial charge in [-0.3, -0.25) is 4.90 Å². The standard InChI is InChI=1S/C13H24N2O/c1-3-12-11-14(8-9-15(12)6-1)7-5-13-4-2-10-16-13/h12-13H,1-11H2. The summed E-state index contributed by atoms with van der Waals surface area (Å²) in [5, 5.41) is 0. The van der Waals surface area contributed by atoms with E-state index in [1.807, 2.05) is 0 Å². The Kier molecular flexibility index (Phi) is 3.46. The highest BCUT2D eigenvalue weighted by Crippen LogP contribution is 2.22. The lowest BCUT2D eigenvalue weighted by Gasteiger charge is -2.37. The average molecular weight is 224 g/mol. The van der Waals surface area contributed by atoms with Crippen molar-refractivity contribution in [2.75, 3.05) is 39.3 Å². The Morgan fingerprint density at radius 3 is 2.94 bits per heavy atom. The maximum Gasteiger partial charge on any atom is 0.0588 e. The predicted octanol–water partition coefficient (Wildman–Crippen LogP) is 1.34. The summed E-state index contributed by atoms with van der Waals surface area (Å²) in [5.41, 5.74) is 0. The molecule has 92 valence electrons. The zero-order valence-corrected chi connectivity index (χ0v) is 10.2. The topological polar surface area (TPSA) is 15.7 Å².